The van der Waals surface area contributed by atoms with Crippen LogP contribution in [0, 0.1) is 5.41 Å². The first-order valence-corrected chi connectivity index (χ1v) is 14.3. The highest BCUT2D eigenvalue weighted by molar-refractivity contribution is 7.62. The first-order valence-electron chi connectivity index (χ1n) is 11.4. The van der Waals surface area contributed by atoms with Crippen molar-refractivity contribution in [1.29, 1.82) is 5.41 Å². The van der Waals surface area contributed by atoms with E-state index in [0.29, 0.717) is 0 Å². The lowest BCUT2D eigenvalue weighted by Gasteiger charge is -2.46. The Kier molecular flexibility index (Phi) is 8.93. The maximum absolute atomic E-state index is 8.91. The van der Waals surface area contributed by atoms with Crippen molar-refractivity contribution in [1.82, 2.24) is 4.98 Å². The number of nitrogens with zero attached hydrogens (tertiary/aromatic N) is 1. The summed E-state index contributed by atoms with van der Waals surface area (Å²) in [7, 11) is -0.728. The average molecular weight is 451 g/mol. The van der Waals surface area contributed by atoms with Crippen molar-refractivity contribution in [2.75, 3.05) is 0 Å². The van der Waals surface area contributed by atoms with Crippen LogP contribution < -0.4 is 0 Å². The van der Waals surface area contributed by atoms with Crippen molar-refractivity contribution < 1.29 is 0 Å². The van der Waals surface area contributed by atoms with Crippen LogP contribution in [0.3, 0.4) is 0 Å². The fourth-order valence-corrected chi connectivity index (χ4v) is 12.7. The second-order valence-electron chi connectivity index (χ2n) is 12.5. The van der Waals surface area contributed by atoms with E-state index in [4.69, 9.17) is 10.4 Å². The van der Waals surface area contributed by atoms with Crippen LogP contribution >= 0.6 is 15.8 Å². The topological polar surface area (TPSA) is 36.7 Å². The zero-order valence-corrected chi connectivity index (χ0v) is 23.9. The van der Waals surface area contributed by atoms with Gasteiger partial charge in [-0.25, -0.2) is 0 Å². The van der Waals surface area contributed by atoms with Gasteiger partial charge in [0.1, 0.15) is 0 Å². The van der Waals surface area contributed by atoms with E-state index < -0.39 is 7.92 Å². The summed E-state index contributed by atoms with van der Waals surface area (Å²) >= 11 is 0. The summed E-state index contributed by atoms with van der Waals surface area (Å²) in [6, 6.07) is 6.58. The van der Waals surface area contributed by atoms with Crippen molar-refractivity contribution >= 4 is 21.6 Å². The fourth-order valence-electron chi connectivity index (χ4n) is 4.82. The summed E-state index contributed by atoms with van der Waals surface area (Å²) in [5.41, 5.74) is 3.29. The third kappa shape index (κ3) is 7.38. The minimum Gasteiger partial charge on any atom is -0.309 e. The van der Waals surface area contributed by atoms with Crippen molar-refractivity contribution in [2.24, 2.45) is 0 Å². The number of aromatic nitrogens is 1. The SMILES string of the molecule is CCC(=N)C(c1cccc(CP(C(C)(C)C)C(C)(C)C)n1)P(C(C)(C)C)C(C)(C)C. The Balaban J connectivity index is 3.52. The monoisotopic (exact) mass is 450 g/mol. The number of pyridine rings is 1. The molecule has 0 aromatic carbocycles. The molecule has 0 bridgehead atoms. The molecule has 0 amide bonds. The summed E-state index contributed by atoms with van der Waals surface area (Å²) in [6.45, 7) is 30.5. The predicted octanol–water partition coefficient (Wildman–Crippen LogP) is 9.21. The standard InChI is InChI=1S/C26H48N2P2/c1-14-20(27)22(30(25(8,9)10)26(11,12)13)21-17-15-16-19(28-21)18-29(23(2,3)4)24(5,6)7/h15-17,22,27H,14,18H2,1-13H3. The maximum atomic E-state index is 8.91. The Morgan fingerprint density at radius 1 is 0.833 bits per heavy atom. The molecule has 0 spiro atoms. The first kappa shape index (κ1) is 27.7. The molecule has 2 nitrogen and oxygen atoms in total. The molecule has 1 N–H and O–H groups in total. The quantitative estimate of drug-likeness (QED) is 0.340. The van der Waals surface area contributed by atoms with E-state index in [1.54, 1.807) is 0 Å². The number of nitrogens with one attached hydrogen (secondary N) is 1. The van der Waals surface area contributed by atoms with Gasteiger partial charge in [-0.05, 0) is 39.2 Å². The Bertz CT molecular complexity index is 684. The summed E-state index contributed by atoms with van der Waals surface area (Å²) in [4.78, 5) is 5.25. The van der Waals surface area contributed by atoms with Crippen molar-refractivity contribution in [3.63, 3.8) is 0 Å². The third-order valence-electron chi connectivity index (χ3n) is 5.46. The first-order chi connectivity index (χ1) is 13.3. The van der Waals surface area contributed by atoms with Gasteiger partial charge in [0.15, 0.2) is 0 Å². The summed E-state index contributed by atoms with van der Waals surface area (Å²) < 4.78 is 0. The lowest BCUT2D eigenvalue weighted by molar-refractivity contribution is 0.694. The Morgan fingerprint density at radius 3 is 1.67 bits per heavy atom. The van der Waals surface area contributed by atoms with Gasteiger partial charge in [-0.2, -0.15) is 0 Å². The van der Waals surface area contributed by atoms with Crippen molar-refractivity contribution in [2.45, 2.75) is 129 Å². The molecule has 1 aromatic rings. The third-order valence-corrected chi connectivity index (χ3v) is 13.3. The van der Waals surface area contributed by atoms with E-state index in [0.717, 1.165) is 24.0 Å². The van der Waals surface area contributed by atoms with Crippen LogP contribution in [0.15, 0.2) is 18.2 Å². The van der Waals surface area contributed by atoms with Gasteiger partial charge in [-0.15, -0.1) is 0 Å². The Hall–Kier alpha value is -0.320. The van der Waals surface area contributed by atoms with E-state index in [-0.39, 0.29) is 34.2 Å². The van der Waals surface area contributed by atoms with Crippen LogP contribution in [-0.4, -0.2) is 31.3 Å². The van der Waals surface area contributed by atoms with Gasteiger partial charge in [0.05, 0.1) is 11.4 Å². The fraction of sp³-hybridized carbons (Fsp3) is 0.769. The van der Waals surface area contributed by atoms with Gasteiger partial charge >= 0.3 is 0 Å². The Labute approximate surface area is 190 Å². The van der Waals surface area contributed by atoms with Crippen molar-refractivity contribution in [3.8, 4) is 0 Å². The molecule has 4 heteroatoms. The van der Waals surface area contributed by atoms with Gasteiger partial charge in [0.2, 0.25) is 0 Å². The number of hydrogen-bond acceptors (Lipinski definition) is 2. The van der Waals surface area contributed by atoms with Crippen LogP contribution in [0.4, 0.5) is 0 Å². The van der Waals surface area contributed by atoms with E-state index in [1.165, 1.54) is 5.69 Å². The summed E-state index contributed by atoms with van der Waals surface area (Å²) in [6.07, 6.45) is 1.84. The van der Waals surface area contributed by atoms with E-state index >= 15 is 0 Å². The van der Waals surface area contributed by atoms with Crippen LogP contribution in [0.5, 0.6) is 0 Å². The van der Waals surface area contributed by atoms with E-state index in [1.807, 2.05) is 0 Å². The van der Waals surface area contributed by atoms with Crippen molar-refractivity contribution in [3.05, 3.63) is 29.6 Å². The number of hydrogen-bond donors (Lipinski definition) is 1. The lowest BCUT2D eigenvalue weighted by atomic mass is 10.1. The number of rotatable bonds is 6. The Morgan fingerprint density at radius 2 is 1.30 bits per heavy atom. The molecule has 0 saturated heterocycles. The molecular weight excluding hydrogens is 402 g/mol. The highest BCUT2D eigenvalue weighted by atomic mass is 31.1. The molecule has 1 rings (SSSR count). The molecule has 0 aliphatic carbocycles. The average Bonchev–Trinajstić information content (AvgIpc) is 2.52. The van der Waals surface area contributed by atoms with Crippen LogP contribution in [0.2, 0.25) is 0 Å². The molecule has 0 aliphatic rings. The maximum Gasteiger partial charge on any atom is 0.0599 e. The molecular formula is C26H48N2P2. The molecule has 1 unspecified atom stereocenters. The normalized spacial score (nSPS) is 15.0. The zero-order valence-electron chi connectivity index (χ0n) is 22.1. The lowest BCUT2D eigenvalue weighted by Crippen LogP contribution is -2.31. The molecule has 1 atom stereocenters. The molecule has 172 valence electrons. The molecule has 0 saturated carbocycles. The second kappa shape index (κ2) is 9.67. The molecule has 0 radical (unpaired) electrons. The second-order valence-corrected chi connectivity index (χ2v) is 20.3. The van der Waals surface area contributed by atoms with Crippen LogP contribution in [0.25, 0.3) is 0 Å². The molecule has 30 heavy (non-hydrogen) atoms. The molecule has 1 aromatic heterocycles. The molecule has 0 aliphatic heterocycles. The van der Waals surface area contributed by atoms with E-state index in [9.17, 15) is 0 Å². The molecule has 0 fully saturated rings. The van der Waals surface area contributed by atoms with Gasteiger partial charge < -0.3 is 5.41 Å². The summed E-state index contributed by atoms with van der Waals surface area (Å²) in [5, 5.41) is 9.78. The minimum atomic E-state index is -0.487. The highest BCUT2D eigenvalue weighted by Gasteiger charge is 2.43. The summed E-state index contributed by atoms with van der Waals surface area (Å²) in [5.74, 6) is 0. The highest BCUT2D eigenvalue weighted by Crippen LogP contribution is 2.68. The predicted molar refractivity (Wildman–Crippen MR) is 142 cm³/mol. The van der Waals surface area contributed by atoms with Gasteiger partial charge in [0.25, 0.3) is 0 Å². The van der Waals surface area contributed by atoms with Gasteiger partial charge in [-0.3, -0.25) is 4.98 Å². The van der Waals surface area contributed by atoms with Crippen LogP contribution in [-0.2, 0) is 6.16 Å². The van der Waals surface area contributed by atoms with Gasteiger partial charge in [0, 0.05) is 17.6 Å². The van der Waals surface area contributed by atoms with Gasteiger partial charge in [-0.1, -0.05) is 112 Å². The van der Waals surface area contributed by atoms with E-state index in [2.05, 4.69) is 108 Å². The van der Waals surface area contributed by atoms with Crippen LogP contribution in [0.1, 0.15) is 113 Å². The smallest absolute Gasteiger partial charge is 0.0599 e. The minimum absolute atomic E-state index is 0.125. The zero-order chi connectivity index (χ0) is 23.7. The largest absolute Gasteiger partial charge is 0.309 e. The molecule has 1 heterocycles.